The third-order valence-corrected chi connectivity index (χ3v) is 3.53. The van der Waals surface area contributed by atoms with E-state index in [1.807, 2.05) is 25.1 Å². The third kappa shape index (κ3) is 1.78. The predicted octanol–water partition coefficient (Wildman–Crippen LogP) is 3.51. The molecule has 18 heavy (non-hydrogen) atoms. The minimum Gasteiger partial charge on any atom is -0.486 e. The van der Waals surface area contributed by atoms with Gasteiger partial charge in [-0.1, -0.05) is 30.3 Å². The van der Waals surface area contributed by atoms with Gasteiger partial charge in [-0.25, -0.2) is 0 Å². The van der Waals surface area contributed by atoms with Gasteiger partial charge in [0.2, 0.25) is 0 Å². The zero-order valence-electron chi connectivity index (χ0n) is 10.7. The average Bonchev–Trinajstić information content (AvgIpc) is 2.64. The van der Waals surface area contributed by atoms with Gasteiger partial charge in [0.1, 0.15) is 17.1 Å². The van der Waals surface area contributed by atoms with Crippen LogP contribution in [0.1, 0.15) is 25.8 Å². The van der Waals surface area contributed by atoms with Crippen molar-refractivity contribution in [2.24, 2.45) is 0 Å². The molecular formula is C16H16O2. The fourth-order valence-corrected chi connectivity index (χ4v) is 2.89. The van der Waals surface area contributed by atoms with Gasteiger partial charge in [0.15, 0.2) is 0 Å². The minimum absolute atomic E-state index is 0.176. The Kier molecular flexibility index (Phi) is 2.40. The Morgan fingerprint density at radius 1 is 1.28 bits per heavy atom. The van der Waals surface area contributed by atoms with Crippen LogP contribution in [0.5, 0.6) is 5.75 Å². The zero-order valence-corrected chi connectivity index (χ0v) is 10.7. The molecule has 2 aromatic carbocycles. The number of rotatable bonds is 2. The predicted molar refractivity (Wildman–Crippen MR) is 72.0 cm³/mol. The summed E-state index contributed by atoms with van der Waals surface area (Å²) in [5.74, 6) is 1.10. The maximum atomic E-state index is 11.3. The van der Waals surface area contributed by atoms with Crippen LogP contribution in [0.3, 0.4) is 0 Å². The highest BCUT2D eigenvalue weighted by atomic mass is 16.5. The van der Waals surface area contributed by atoms with Crippen LogP contribution in [0.15, 0.2) is 36.4 Å². The molecule has 92 valence electrons. The Morgan fingerprint density at radius 2 is 2.06 bits per heavy atom. The lowest BCUT2D eigenvalue weighted by Crippen LogP contribution is -2.32. The van der Waals surface area contributed by atoms with Gasteiger partial charge in [0.25, 0.3) is 0 Å². The molecule has 0 aromatic heterocycles. The molecule has 0 fully saturated rings. The van der Waals surface area contributed by atoms with Crippen molar-refractivity contribution in [3.05, 3.63) is 42.0 Å². The lowest BCUT2D eigenvalue weighted by Gasteiger charge is -2.22. The highest BCUT2D eigenvalue weighted by Gasteiger charge is 2.36. The largest absolute Gasteiger partial charge is 0.486 e. The first-order chi connectivity index (χ1) is 8.57. The fourth-order valence-electron chi connectivity index (χ4n) is 2.89. The van der Waals surface area contributed by atoms with Crippen LogP contribution in [-0.4, -0.2) is 11.4 Å². The molecule has 1 atom stereocenters. The molecule has 1 aliphatic heterocycles. The van der Waals surface area contributed by atoms with E-state index in [0.29, 0.717) is 6.42 Å². The van der Waals surface area contributed by atoms with Crippen LogP contribution in [0, 0.1) is 0 Å². The third-order valence-electron chi connectivity index (χ3n) is 3.53. The van der Waals surface area contributed by atoms with Crippen molar-refractivity contribution in [2.75, 3.05) is 0 Å². The van der Waals surface area contributed by atoms with Gasteiger partial charge in [-0.3, -0.25) is 4.79 Å². The highest BCUT2D eigenvalue weighted by Crippen LogP contribution is 2.40. The molecule has 2 aromatic rings. The fraction of sp³-hybridized carbons (Fsp3) is 0.312. The SMILES string of the molecule is CC(=O)CC1(C)Cc2c(ccc3ccccc23)O1. The van der Waals surface area contributed by atoms with Crippen LogP contribution in [0.25, 0.3) is 10.8 Å². The van der Waals surface area contributed by atoms with E-state index in [0.717, 1.165) is 12.2 Å². The Balaban J connectivity index is 2.07. The van der Waals surface area contributed by atoms with E-state index in [-0.39, 0.29) is 11.4 Å². The Morgan fingerprint density at radius 3 is 2.83 bits per heavy atom. The lowest BCUT2D eigenvalue weighted by atomic mass is 9.92. The molecule has 0 bridgehead atoms. The molecule has 0 saturated carbocycles. The molecule has 2 heteroatoms. The van der Waals surface area contributed by atoms with Crippen LogP contribution >= 0.6 is 0 Å². The quantitative estimate of drug-likeness (QED) is 0.803. The first kappa shape index (κ1) is 11.3. The molecule has 0 aliphatic carbocycles. The maximum absolute atomic E-state index is 11.3. The number of hydrogen-bond acceptors (Lipinski definition) is 2. The Hall–Kier alpha value is -1.83. The molecule has 0 saturated heterocycles. The summed E-state index contributed by atoms with van der Waals surface area (Å²) >= 11 is 0. The van der Waals surface area contributed by atoms with Gasteiger partial charge in [-0.2, -0.15) is 0 Å². The van der Waals surface area contributed by atoms with Crippen molar-refractivity contribution in [1.82, 2.24) is 0 Å². The molecule has 0 amide bonds. The monoisotopic (exact) mass is 240 g/mol. The second-order valence-corrected chi connectivity index (χ2v) is 5.37. The number of fused-ring (bicyclic) bond motifs is 3. The number of ketones is 1. The topological polar surface area (TPSA) is 26.3 Å². The molecule has 1 heterocycles. The molecule has 0 radical (unpaired) electrons. The molecule has 0 spiro atoms. The highest BCUT2D eigenvalue weighted by molar-refractivity contribution is 5.88. The summed E-state index contributed by atoms with van der Waals surface area (Å²) in [5.41, 5.74) is 0.856. The summed E-state index contributed by atoms with van der Waals surface area (Å²) in [6.07, 6.45) is 1.28. The van der Waals surface area contributed by atoms with E-state index in [9.17, 15) is 4.79 Å². The van der Waals surface area contributed by atoms with E-state index in [2.05, 4.69) is 18.2 Å². The summed E-state index contributed by atoms with van der Waals surface area (Å²) in [6.45, 7) is 3.64. The van der Waals surface area contributed by atoms with Gasteiger partial charge in [-0.05, 0) is 30.7 Å². The molecular weight excluding hydrogens is 224 g/mol. The van der Waals surface area contributed by atoms with E-state index >= 15 is 0 Å². The minimum atomic E-state index is -0.377. The van der Waals surface area contributed by atoms with E-state index < -0.39 is 0 Å². The van der Waals surface area contributed by atoms with Gasteiger partial charge in [0, 0.05) is 18.4 Å². The van der Waals surface area contributed by atoms with Crippen molar-refractivity contribution >= 4 is 16.6 Å². The summed E-state index contributed by atoms with van der Waals surface area (Å²) < 4.78 is 5.99. The number of benzene rings is 2. The molecule has 2 nitrogen and oxygen atoms in total. The summed E-state index contributed by atoms with van der Waals surface area (Å²) in [5, 5.41) is 2.47. The Bertz CT molecular complexity index is 630. The van der Waals surface area contributed by atoms with Crippen molar-refractivity contribution in [3.63, 3.8) is 0 Å². The smallest absolute Gasteiger partial charge is 0.133 e. The van der Waals surface area contributed by atoms with Gasteiger partial charge in [0.05, 0.1) is 0 Å². The first-order valence-corrected chi connectivity index (χ1v) is 6.26. The van der Waals surface area contributed by atoms with E-state index in [4.69, 9.17) is 4.74 Å². The van der Waals surface area contributed by atoms with Crippen molar-refractivity contribution in [3.8, 4) is 5.75 Å². The van der Waals surface area contributed by atoms with Crippen LogP contribution in [0.2, 0.25) is 0 Å². The van der Waals surface area contributed by atoms with Gasteiger partial charge in [-0.15, -0.1) is 0 Å². The van der Waals surface area contributed by atoms with Gasteiger partial charge < -0.3 is 4.74 Å². The average molecular weight is 240 g/mol. The van der Waals surface area contributed by atoms with Crippen molar-refractivity contribution in [1.29, 1.82) is 0 Å². The van der Waals surface area contributed by atoms with E-state index in [1.54, 1.807) is 6.92 Å². The second-order valence-electron chi connectivity index (χ2n) is 5.37. The van der Waals surface area contributed by atoms with Gasteiger partial charge >= 0.3 is 0 Å². The van der Waals surface area contributed by atoms with Crippen molar-refractivity contribution < 1.29 is 9.53 Å². The first-order valence-electron chi connectivity index (χ1n) is 6.26. The number of carbonyl (C=O) groups excluding carboxylic acids is 1. The van der Waals surface area contributed by atoms with Crippen LogP contribution in [-0.2, 0) is 11.2 Å². The maximum Gasteiger partial charge on any atom is 0.133 e. The van der Waals surface area contributed by atoms with Crippen LogP contribution < -0.4 is 4.74 Å². The second kappa shape index (κ2) is 3.84. The number of carbonyl (C=O) groups is 1. The lowest BCUT2D eigenvalue weighted by molar-refractivity contribution is -0.120. The Labute approximate surface area is 107 Å². The zero-order chi connectivity index (χ0) is 12.8. The molecule has 0 N–H and O–H groups in total. The summed E-state index contributed by atoms with van der Waals surface area (Å²) in [7, 11) is 0. The number of ether oxygens (including phenoxy) is 1. The number of hydrogen-bond donors (Lipinski definition) is 0. The molecule has 1 unspecified atom stereocenters. The van der Waals surface area contributed by atoms with E-state index in [1.165, 1.54) is 16.3 Å². The summed E-state index contributed by atoms with van der Waals surface area (Å²) in [4.78, 5) is 11.3. The molecule has 3 rings (SSSR count). The van der Waals surface area contributed by atoms with Crippen molar-refractivity contribution in [2.45, 2.75) is 32.3 Å². The molecule has 1 aliphatic rings. The normalized spacial score (nSPS) is 21.7. The number of Topliss-reactive ketones (excluding diaryl/α,β-unsaturated/α-hetero) is 1. The standard InChI is InChI=1S/C16H16O2/c1-11(17)9-16(2)10-14-13-6-4-3-5-12(13)7-8-15(14)18-16/h3-8H,9-10H2,1-2H3. The van der Waals surface area contributed by atoms with Crippen LogP contribution in [0.4, 0.5) is 0 Å². The summed E-state index contributed by atoms with van der Waals surface area (Å²) in [6, 6.07) is 12.4.